The van der Waals surface area contributed by atoms with E-state index in [0.29, 0.717) is 18.9 Å². The number of carbonyl (C=O) groups excluding carboxylic acids is 4. The summed E-state index contributed by atoms with van der Waals surface area (Å²) < 4.78 is 31.9. The Hall–Kier alpha value is -2.66. The maximum Gasteiger partial charge on any atom is 0.333 e. The molecule has 11 heteroatoms. The second-order valence-electron chi connectivity index (χ2n) is 8.88. The first-order valence-electron chi connectivity index (χ1n) is 11.6. The molecule has 1 aliphatic rings. The van der Waals surface area contributed by atoms with Gasteiger partial charge in [-0.3, -0.25) is 9.59 Å². The quantitative estimate of drug-likeness (QED) is 0.159. The van der Waals surface area contributed by atoms with Crippen molar-refractivity contribution in [2.75, 3.05) is 13.2 Å². The SMILES string of the molecule is C=C(C)C(=O)OCC(COC(=O)C(=C)C)OC(=O)CCC(=O)OC1CC(CC[Si](C)=O)CCC1O. The summed E-state index contributed by atoms with van der Waals surface area (Å²) in [6.45, 7) is 10.8. The lowest BCUT2D eigenvalue weighted by molar-refractivity contribution is -0.167. The van der Waals surface area contributed by atoms with Crippen LogP contribution >= 0.6 is 0 Å². The van der Waals surface area contributed by atoms with Crippen LogP contribution in [0.25, 0.3) is 0 Å². The molecule has 0 bridgehead atoms. The fourth-order valence-corrected chi connectivity index (χ4v) is 4.18. The van der Waals surface area contributed by atoms with Crippen LogP contribution in [0.4, 0.5) is 0 Å². The smallest absolute Gasteiger partial charge is 0.333 e. The van der Waals surface area contributed by atoms with Crippen molar-refractivity contribution in [3.63, 3.8) is 0 Å². The Kier molecular flexibility index (Phi) is 13.3. The molecule has 35 heavy (non-hydrogen) atoms. The second-order valence-corrected chi connectivity index (χ2v) is 10.8. The molecule has 0 heterocycles. The van der Waals surface area contributed by atoms with Crippen molar-refractivity contribution in [1.82, 2.24) is 0 Å². The Morgan fingerprint density at radius 1 is 0.971 bits per heavy atom. The summed E-state index contributed by atoms with van der Waals surface area (Å²) in [7, 11) is -1.58. The van der Waals surface area contributed by atoms with Gasteiger partial charge in [0.1, 0.15) is 19.3 Å². The normalized spacial score (nSPS) is 19.4. The van der Waals surface area contributed by atoms with E-state index in [1.165, 1.54) is 13.8 Å². The first kappa shape index (κ1) is 30.4. The van der Waals surface area contributed by atoms with Crippen molar-refractivity contribution in [2.24, 2.45) is 5.92 Å². The molecule has 0 aromatic carbocycles. The summed E-state index contributed by atoms with van der Waals surface area (Å²) in [5.74, 6) is -2.61. The van der Waals surface area contributed by atoms with Gasteiger partial charge in [0.15, 0.2) is 6.10 Å². The maximum absolute atomic E-state index is 12.3. The number of aliphatic hydroxyl groups excluding tert-OH is 1. The summed E-state index contributed by atoms with van der Waals surface area (Å²) in [6.07, 6.45) is -0.625. The highest BCUT2D eigenvalue weighted by Gasteiger charge is 2.32. The van der Waals surface area contributed by atoms with E-state index in [-0.39, 0.29) is 43.1 Å². The highest BCUT2D eigenvalue weighted by atomic mass is 28.3. The van der Waals surface area contributed by atoms with E-state index in [1.54, 1.807) is 6.55 Å². The Morgan fingerprint density at radius 3 is 2.03 bits per heavy atom. The number of aliphatic hydroxyl groups is 1. The van der Waals surface area contributed by atoms with Crippen molar-refractivity contribution in [2.45, 2.75) is 83.3 Å². The topological polar surface area (TPSA) is 142 Å². The molecule has 0 aromatic heterocycles. The zero-order valence-corrected chi connectivity index (χ0v) is 21.7. The van der Waals surface area contributed by atoms with Crippen LogP contribution in [-0.2, 0) is 42.6 Å². The lowest BCUT2D eigenvalue weighted by atomic mass is 9.84. The summed E-state index contributed by atoms with van der Waals surface area (Å²) in [4.78, 5) is 47.8. The van der Waals surface area contributed by atoms with E-state index < -0.39 is 50.9 Å². The molecule has 1 saturated carbocycles. The molecule has 10 nitrogen and oxygen atoms in total. The van der Waals surface area contributed by atoms with Crippen LogP contribution in [0.1, 0.15) is 52.4 Å². The van der Waals surface area contributed by atoms with Crippen LogP contribution in [0.2, 0.25) is 12.6 Å². The van der Waals surface area contributed by atoms with E-state index >= 15 is 0 Å². The molecule has 1 aliphatic carbocycles. The van der Waals surface area contributed by atoms with Gasteiger partial charge in [0.25, 0.3) is 8.68 Å². The lowest BCUT2D eigenvalue weighted by Crippen LogP contribution is -2.37. The van der Waals surface area contributed by atoms with E-state index in [1.807, 2.05) is 0 Å². The molecule has 0 radical (unpaired) electrons. The Labute approximate surface area is 207 Å². The number of rotatable bonds is 14. The fourth-order valence-electron chi connectivity index (χ4n) is 3.37. The first-order chi connectivity index (χ1) is 16.4. The average molecular weight is 513 g/mol. The monoisotopic (exact) mass is 512 g/mol. The third kappa shape index (κ3) is 12.6. The van der Waals surface area contributed by atoms with Gasteiger partial charge < -0.3 is 28.5 Å². The van der Waals surface area contributed by atoms with Gasteiger partial charge in [-0.25, -0.2) is 9.59 Å². The van der Waals surface area contributed by atoms with Gasteiger partial charge in [0.05, 0.1) is 18.9 Å². The zero-order chi connectivity index (χ0) is 26.5. The first-order valence-corrected chi connectivity index (χ1v) is 13.7. The molecule has 0 amide bonds. The van der Waals surface area contributed by atoms with E-state index in [4.69, 9.17) is 18.9 Å². The second kappa shape index (κ2) is 15.4. The minimum atomic E-state index is -1.58. The third-order valence-corrected chi connectivity index (χ3v) is 6.37. The number of ether oxygens (including phenoxy) is 4. The molecule has 1 fully saturated rings. The van der Waals surface area contributed by atoms with Gasteiger partial charge in [-0.05, 0) is 58.0 Å². The molecule has 0 aliphatic heterocycles. The molecule has 0 spiro atoms. The Balaban J connectivity index is 2.54. The van der Waals surface area contributed by atoms with Crippen LogP contribution in [0, 0.1) is 5.92 Å². The van der Waals surface area contributed by atoms with Gasteiger partial charge in [-0.1, -0.05) is 13.2 Å². The van der Waals surface area contributed by atoms with Gasteiger partial charge in [0.2, 0.25) is 0 Å². The zero-order valence-electron chi connectivity index (χ0n) is 20.7. The van der Waals surface area contributed by atoms with Crippen LogP contribution in [0.3, 0.4) is 0 Å². The lowest BCUT2D eigenvalue weighted by Gasteiger charge is -2.32. The van der Waals surface area contributed by atoms with Crippen LogP contribution in [-0.4, -0.2) is 69.2 Å². The third-order valence-electron chi connectivity index (χ3n) is 5.38. The van der Waals surface area contributed by atoms with Crippen molar-refractivity contribution >= 4 is 32.6 Å². The van der Waals surface area contributed by atoms with Crippen molar-refractivity contribution in [3.05, 3.63) is 24.3 Å². The number of hydrogen-bond acceptors (Lipinski definition) is 10. The van der Waals surface area contributed by atoms with E-state index in [2.05, 4.69) is 13.2 Å². The van der Waals surface area contributed by atoms with Crippen molar-refractivity contribution in [1.29, 1.82) is 0 Å². The number of carbonyl (C=O) groups is 4. The molecule has 0 aromatic rings. The molecule has 196 valence electrons. The number of hydrogen-bond donors (Lipinski definition) is 1. The Morgan fingerprint density at radius 2 is 1.51 bits per heavy atom. The van der Waals surface area contributed by atoms with Crippen molar-refractivity contribution in [3.8, 4) is 0 Å². The predicted molar refractivity (Wildman–Crippen MR) is 126 cm³/mol. The number of esters is 4. The molecule has 3 atom stereocenters. The molecular formula is C24H36O10Si. The summed E-state index contributed by atoms with van der Waals surface area (Å²) >= 11 is 0. The molecular weight excluding hydrogens is 476 g/mol. The summed E-state index contributed by atoms with van der Waals surface area (Å²) in [6, 6.07) is 0.627. The molecule has 1 rings (SSSR count). The Bertz CT molecular complexity index is 791. The van der Waals surface area contributed by atoms with Crippen LogP contribution < -0.4 is 0 Å². The van der Waals surface area contributed by atoms with Gasteiger partial charge in [-0.2, -0.15) is 0 Å². The largest absolute Gasteiger partial charge is 0.460 e. The summed E-state index contributed by atoms with van der Waals surface area (Å²) in [5.41, 5.74) is 0.293. The molecule has 3 unspecified atom stereocenters. The minimum absolute atomic E-state index is 0.146. The highest BCUT2D eigenvalue weighted by molar-refractivity contribution is 6.40. The van der Waals surface area contributed by atoms with Gasteiger partial charge in [0, 0.05) is 11.1 Å². The minimum Gasteiger partial charge on any atom is -0.460 e. The van der Waals surface area contributed by atoms with Crippen LogP contribution in [0.5, 0.6) is 0 Å². The van der Waals surface area contributed by atoms with Crippen LogP contribution in [0.15, 0.2) is 24.3 Å². The molecule has 1 N–H and O–H groups in total. The maximum atomic E-state index is 12.3. The summed E-state index contributed by atoms with van der Waals surface area (Å²) in [5, 5.41) is 10.2. The molecule has 0 saturated heterocycles. The van der Waals surface area contributed by atoms with Gasteiger partial charge in [-0.15, -0.1) is 0 Å². The predicted octanol–water partition coefficient (Wildman–Crippen LogP) is 2.43. The van der Waals surface area contributed by atoms with Crippen molar-refractivity contribution < 1.29 is 47.7 Å². The fraction of sp³-hybridized carbons (Fsp3) is 0.667. The highest BCUT2D eigenvalue weighted by Crippen LogP contribution is 2.30. The van der Waals surface area contributed by atoms with E-state index in [0.717, 1.165) is 12.8 Å². The average Bonchev–Trinajstić information content (AvgIpc) is 2.79. The van der Waals surface area contributed by atoms with E-state index in [9.17, 15) is 28.7 Å². The van der Waals surface area contributed by atoms with Gasteiger partial charge >= 0.3 is 23.9 Å². The standard InChI is InChI=1S/C24H36O10Si/c1-15(2)23(28)31-13-18(14-32-24(29)16(3)4)33-21(26)8-9-22(27)34-20-12-17(6-7-19(20)25)10-11-35(5)30/h17-20,25H,1,3,6-14H2,2,4-5H3.